The number of aryl methyl sites for hydroxylation is 2. The van der Waals surface area contributed by atoms with Gasteiger partial charge in [-0.05, 0) is 56.5 Å². The third kappa shape index (κ3) is 6.89. The zero-order valence-electron chi connectivity index (χ0n) is 17.5. The van der Waals surface area contributed by atoms with Crippen LogP contribution in [0.4, 0.5) is 0 Å². The molecule has 2 aromatic carbocycles. The van der Waals surface area contributed by atoms with Crippen molar-refractivity contribution in [2.45, 2.75) is 46.7 Å². The van der Waals surface area contributed by atoms with Gasteiger partial charge in [0.1, 0.15) is 11.8 Å². The highest BCUT2D eigenvalue weighted by molar-refractivity contribution is 9.10. The Labute approximate surface area is 181 Å². The van der Waals surface area contributed by atoms with Gasteiger partial charge in [0.25, 0.3) is 5.91 Å². The molecule has 5 nitrogen and oxygen atoms in total. The molecule has 2 rings (SSSR count). The molecule has 0 saturated heterocycles. The average Bonchev–Trinajstić information content (AvgIpc) is 2.71. The van der Waals surface area contributed by atoms with E-state index in [2.05, 4.69) is 21.2 Å². The van der Waals surface area contributed by atoms with Gasteiger partial charge in [0.05, 0.1) is 0 Å². The lowest BCUT2D eigenvalue weighted by atomic mass is 10.1. The molecule has 0 fully saturated rings. The van der Waals surface area contributed by atoms with Gasteiger partial charge in [-0.3, -0.25) is 9.59 Å². The highest BCUT2D eigenvalue weighted by Gasteiger charge is 2.26. The number of hydrogen-bond donors (Lipinski definition) is 1. The van der Waals surface area contributed by atoms with E-state index in [0.717, 1.165) is 27.6 Å². The van der Waals surface area contributed by atoms with Crippen LogP contribution in [-0.2, 0) is 16.1 Å². The van der Waals surface area contributed by atoms with Crippen molar-refractivity contribution in [1.82, 2.24) is 10.2 Å². The second kappa shape index (κ2) is 11.0. The van der Waals surface area contributed by atoms with Crippen LogP contribution in [-0.4, -0.2) is 35.9 Å². The summed E-state index contributed by atoms with van der Waals surface area (Å²) in [5, 5.41) is 2.87. The van der Waals surface area contributed by atoms with E-state index in [9.17, 15) is 9.59 Å². The summed E-state index contributed by atoms with van der Waals surface area (Å²) in [5.41, 5.74) is 3.15. The number of rotatable bonds is 9. The van der Waals surface area contributed by atoms with Gasteiger partial charge >= 0.3 is 0 Å². The maximum atomic E-state index is 13.0. The lowest BCUT2D eigenvalue weighted by Gasteiger charge is -2.28. The molecule has 29 heavy (non-hydrogen) atoms. The van der Waals surface area contributed by atoms with Crippen LogP contribution in [0.15, 0.2) is 46.9 Å². The fourth-order valence-electron chi connectivity index (χ4n) is 2.80. The fourth-order valence-corrected chi connectivity index (χ4v) is 3.05. The minimum Gasteiger partial charge on any atom is -0.484 e. The topological polar surface area (TPSA) is 58.6 Å². The van der Waals surface area contributed by atoms with E-state index in [4.69, 9.17) is 4.74 Å². The van der Waals surface area contributed by atoms with Crippen molar-refractivity contribution in [1.29, 1.82) is 0 Å². The van der Waals surface area contributed by atoms with Crippen molar-refractivity contribution in [3.05, 3.63) is 63.6 Å². The first-order chi connectivity index (χ1) is 13.8. The molecule has 0 aliphatic carbocycles. The molecule has 0 heterocycles. The molecule has 2 amide bonds. The predicted octanol–water partition coefficient (Wildman–Crippen LogP) is 4.39. The molecule has 0 aliphatic heterocycles. The van der Waals surface area contributed by atoms with Crippen LogP contribution in [0, 0.1) is 13.8 Å². The molecule has 6 heteroatoms. The molecule has 1 N–H and O–H groups in total. The van der Waals surface area contributed by atoms with E-state index >= 15 is 0 Å². The van der Waals surface area contributed by atoms with Crippen molar-refractivity contribution in [2.24, 2.45) is 0 Å². The molecule has 0 aliphatic rings. The lowest BCUT2D eigenvalue weighted by Crippen LogP contribution is -2.49. The number of nitrogens with one attached hydrogen (secondary N) is 1. The number of carbonyl (C=O) groups excluding carboxylic acids is 2. The molecule has 156 valence electrons. The number of amides is 2. The van der Waals surface area contributed by atoms with E-state index in [1.165, 1.54) is 0 Å². The van der Waals surface area contributed by atoms with Crippen molar-refractivity contribution in [3.8, 4) is 5.75 Å². The van der Waals surface area contributed by atoms with Gasteiger partial charge in [0.2, 0.25) is 5.91 Å². The van der Waals surface area contributed by atoms with Crippen LogP contribution in [0.1, 0.15) is 37.0 Å². The summed E-state index contributed by atoms with van der Waals surface area (Å²) < 4.78 is 6.69. The molecule has 1 atom stereocenters. The Morgan fingerprint density at radius 3 is 2.45 bits per heavy atom. The third-order valence-electron chi connectivity index (χ3n) is 4.68. The summed E-state index contributed by atoms with van der Waals surface area (Å²) >= 11 is 3.46. The Hall–Kier alpha value is -2.34. The van der Waals surface area contributed by atoms with Crippen molar-refractivity contribution < 1.29 is 14.3 Å². The number of nitrogens with zero attached hydrogens (tertiary/aromatic N) is 1. The molecular formula is C23H29BrN2O3. The predicted molar refractivity (Wildman–Crippen MR) is 119 cm³/mol. The summed E-state index contributed by atoms with van der Waals surface area (Å²) in [6, 6.07) is 12.9. The lowest BCUT2D eigenvalue weighted by molar-refractivity contribution is -0.142. The minimum atomic E-state index is -0.592. The Morgan fingerprint density at radius 2 is 1.83 bits per heavy atom. The monoisotopic (exact) mass is 460 g/mol. The zero-order chi connectivity index (χ0) is 21.4. The molecule has 0 saturated carbocycles. The maximum Gasteiger partial charge on any atom is 0.261 e. The normalized spacial score (nSPS) is 11.6. The first-order valence-corrected chi connectivity index (χ1v) is 10.6. The van der Waals surface area contributed by atoms with Crippen molar-refractivity contribution in [2.75, 3.05) is 13.2 Å². The molecule has 2 aromatic rings. The highest BCUT2D eigenvalue weighted by Crippen LogP contribution is 2.22. The Bertz CT molecular complexity index is 837. The van der Waals surface area contributed by atoms with Gasteiger partial charge in [-0.15, -0.1) is 0 Å². The quantitative estimate of drug-likeness (QED) is 0.603. The van der Waals surface area contributed by atoms with Crippen molar-refractivity contribution >= 4 is 27.7 Å². The first kappa shape index (κ1) is 22.9. The van der Waals surface area contributed by atoms with E-state index in [-0.39, 0.29) is 18.4 Å². The Kier molecular flexibility index (Phi) is 8.70. The summed E-state index contributed by atoms with van der Waals surface area (Å²) in [6.07, 6.45) is 0.844. The fraction of sp³-hybridized carbons (Fsp3) is 0.391. The van der Waals surface area contributed by atoms with Gasteiger partial charge in [0, 0.05) is 17.6 Å². The number of carbonyl (C=O) groups is 2. The van der Waals surface area contributed by atoms with Gasteiger partial charge < -0.3 is 15.0 Å². The van der Waals surface area contributed by atoms with Crippen LogP contribution in [0.5, 0.6) is 5.75 Å². The first-order valence-electron chi connectivity index (χ1n) is 9.83. The number of hydrogen-bond acceptors (Lipinski definition) is 3. The smallest absolute Gasteiger partial charge is 0.261 e. The van der Waals surface area contributed by atoms with Gasteiger partial charge in [-0.2, -0.15) is 0 Å². The van der Waals surface area contributed by atoms with Gasteiger partial charge in [0.15, 0.2) is 6.61 Å². The largest absolute Gasteiger partial charge is 0.484 e. The van der Waals surface area contributed by atoms with Crippen LogP contribution < -0.4 is 10.1 Å². The van der Waals surface area contributed by atoms with E-state index in [1.54, 1.807) is 11.8 Å². The standard InChI is InChI=1S/C23H29BrN2O3/c1-5-12-25-23(28)18(4)26(14-19-8-6-16(2)7-9-19)22(27)15-29-20-10-11-21(24)17(3)13-20/h6-11,13,18H,5,12,14-15H2,1-4H3,(H,25,28)/t18-/m1/s1. The SMILES string of the molecule is CCCNC(=O)[C@@H](C)N(Cc1ccc(C)cc1)C(=O)COc1ccc(Br)c(C)c1. The van der Waals surface area contributed by atoms with Crippen LogP contribution >= 0.6 is 15.9 Å². The summed E-state index contributed by atoms with van der Waals surface area (Å²) in [4.78, 5) is 27.0. The molecule has 0 spiro atoms. The number of ether oxygens (including phenoxy) is 1. The van der Waals surface area contributed by atoms with Gasteiger partial charge in [-0.1, -0.05) is 52.7 Å². The summed E-state index contributed by atoms with van der Waals surface area (Å²) in [6.45, 7) is 8.53. The van der Waals surface area contributed by atoms with Gasteiger partial charge in [-0.25, -0.2) is 0 Å². The van der Waals surface area contributed by atoms with Crippen LogP contribution in [0.25, 0.3) is 0 Å². The van der Waals surface area contributed by atoms with Crippen LogP contribution in [0.2, 0.25) is 0 Å². The summed E-state index contributed by atoms with van der Waals surface area (Å²) in [5.74, 6) is 0.231. The third-order valence-corrected chi connectivity index (χ3v) is 5.57. The van der Waals surface area contributed by atoms with E-state index in [1.807, 2.05) is 63.2 Å². The molecule has 0 aromatic heterocycles. The minimum absolute atomic E-state index is 0.127. The number of halogens is 1. The second-order valence-corrected chi connectivity index (χ2v) is 8.03. The van der Waals surface area contributed by atoms with Crippen LogP contribution in [0.3, 0.4) is 0 Å². The second-order valence-electron chi connectivity index (χ2n) is 7.17. The molecule has 0 radical (unpaired) electrons. The zero-order valence-corrected chi connectivity index (χ0v) is 19.1. The highest BCUT2D eigenvalue weighted by atomic mass is 79.9. The van der Waals surface area contributed by atoms with Crippen molar-refractivity contribution in [3.63, 3.8) is 0 Å². The molecule has 0 bridgehead atoms. The Morgan fingerprint density at radius 1 is 1.14 bits per heavy atom. The average molecular weight is 461 g/mol. The summed E-state index contributed by atoms with van der Waals surface area (Å²) in [7, 11) is 0. The maximum absolute atomic E-state index is 13.0. The molecule has 0 unspecified atom stereocenters. The van der Waals surface area contributed by atoms with E-state index in [0.29, 0.717) is 18.8 Å². The Balaban J connectivity index is 2.13. The molecular weight excluding hydrogens is 432 g/mol. The van der Waals surface area contributed by atoms with E-state index < -0.39 is 6.04 Å². The number of benzene rings is 2.